The highest BCUT2D eigenvalue weighted by molar-refractivity contribution is 5.94. The Balaban J connectivity index is 1.76. The molecule has 0 bridgehead atoms. The smallest absolute Gasteiger partial charge is 0.251 e. The molecular weight excluding hydrogens is 264 g/mol. The molecule has 0 radical (unpaired) electrons. The first-order valence-corrected chi connectivity index (χ1v) is 8.04. The SMILES string of the molecule is CCCCOc1ccc(C(=O)NCC2CCCCN2)cc1. The lowest BCUT2D eigenvalue weighted by Crippen LogP contribution is -2.43. The van der Waals surface area contributed by atoms with E-state index < -0.39 is 0 Å². The number of unbranched alkanes of at least 4 members (excludes halogenated alkanes) is 1. The number of benzene rings is 1. The average Bonchev–Trinajstić information content (AvgIpc) is 2.54. The number of hydrogen-bond donors (Lipinski definition) is 2. The summed E-state index contributed by atoms with van der Waals surface area (Å²) in [4.78, 5) is 12.1. The van der Waals surface area contributed by atoms with Gasteiger partial charge in [-0.1, -0.05) is 19.8 Å². The van der Waals surface area contributed by atoms with Gasteiger partial charge < -0.3 is 15.4 Å². The van der Waals surface area contributed by atoms with Crippen LogP contribution in [-0.4, -0.2) is 31.6 Å². The fourth-order valence-electron chi connectivity index (χ4n) is 2.45. The quantitative estimate of drug-likeness (QED) is 0.759. The number of rotatable bonds is 7. The van der Waals surface area contributed by atoms with Crippen molar-refractivity contribution in [2.24, 2.45) is 0 Å². The summed E-state index contributed by atoms with van der Waals surface area (Å²) in [5, 5.41) is 6.43. The molecule has 1 fully saturated rings. The topological polar surface area (TPSA) is 50.4 Å². The van der Waals surface area contributed by atoms with Crippen LogP contribution in [0.1, 0.15) is 49.4 Å². The highest BCUT2D eigenvalue weighted by Crippen LogP contribution is 2.13. The second-order valence-electron chi connectivity index (χ2n) is 5.58. The molecule has 116 valence electrons. The van der Waals surface area contributed by atoms with Crippen molar-refractivity contribution in [3.63, 3.8) is 0 Å². The van der Waals surface area contributed by atoms with Gasteiger partial charge in [-0.05, 0) is 50.1 Å². The van der Waals surface area contributed by atoms with Gasteiger partial charge in [-0.15, -0.1) is 0 Å². The molecule has 1 heterocycles. The molecule has 0 aromatic heterocycles. The van der Waals surface area contributed by atoms with E-state index in [4.69, 9.17) is 4.74 Å². The van der Waals surface area contributed by atoms with E-state index in [-0.39, 0.29) is 5.91 Å². The van der Waals surface area contributed by atoms with Gasteiger partial charge in [0.25, 0.3) is 5.91 Å². The summed E-state index contributed by atoms with van der Waals surface area (Å²) in [5.41, 5.74) is 0.689. The van der Waals surface area contributed by atoms with Crippen molar-refractivity contribution in [2.45, 2.75) is 45.1 Å². The van der Waals surface area contributed by atoms with Gasteiger partial charge >= 0.3 is 0 Å². The van der Waals surface area contributed by atoms with Crippen LogP contribution in [-0.2, 0) is 0 Å². The van der Waals surface area contributed by atoms with E-state index in [0.29, 0.717) is 18.2 Å². The summed E-state index contributed by atoms with van der Waals surface area (Å²) >= 11 is 0. The molecule has 0 saturated carbocycles. The second-order valence-corrected chi connectivity index (χ2v) is 5.58. The Morgan fingerprint density at radius 3 is 2.81 bits per heavy atom. The maximum atomic E-state index is 12.1. The largest absolute Gasteiger partial charge is 0.494 e. The number of nitrogens with one attached hydrogen (secondary N) is 2. The number of carbonyl (C=O) groups excluding carboxylic acids is 1. The molecular formula is C17H26N2O2. The number of carbonyl (C=O) groups is 1. The summed E-state index contributed by atoms with van der Waals surface area (Å²) in [6.07, 6.45) is 5.80. The fourth-order valence-corrected chi connectivity index (χ4v) is 2.45. The zero-order valence-electron chi connectivity index (χ0n) is 12.9. The van der Waals surface area contributed by atoms with Gasteiger partial charge in [-0.25, -0.2) is 0 Å². The lowest BCUT2D eigenvalue weighted by atomic mass is 10.1. The predicted octanol–water partition coefficient (Wildman–Crippen LogP) is 2.74. The Bertz CT molecular complexity index is 425. The van der Waals surface area contributed by atoms with Crippen LogP contribution in [0.2, 0.25) is 0 Å². The van der Waals surface area contributed by atoms with Crippen molar-refractivity contribution in [1.82, 2.24) is 10.6 Å². The fraction of sp³-hybridized carbons (Fsp3) is 0.588. The van der Waals surface area contributed by atoms with Crippen LogP contribution in [0, 0.1) is 0 Å². The normalized spacial score (nSPS) is 18.2. The van der Waals surface area contributed by atoms with E-state index in [1.54, 1.807) is 0 Å². The zero-order valence-corrected chi connectivity index (χ0v) is 12.9. The van der Waals surface area contributed by atoms with E-state index in [1.165, 1.54) is 12.8 Å². The highest BCUT2D eigenvalue weighted by Gasteiger charge is 2.14. The van der Waals surface area contributed by atoms with Gasteiger partial charge in [0, 0.05) is 18.2 Å². The van der Waals surface area contributed by atoms with Crippen molar-refractivity contribution in [3.05, 3.63) is 29.8 Å². The van der Waals surface area contributed by atoms with Crippen molar-refractivity contribution < 1.29 is 9.53 Å². The maximum Gasteiger partial charge on any atom is 0.251 e. The van der Waals surface area contributed by atoms with E-state index in [0.717, 1.165) is 38.2 Å². The van der Waals surface area contributed by atoms with E-state index in [2.05, 4.69) is 17.6 Å². The molecule has 1 unspecified atom stereocenters. The van der Waals surface area contributed by atoms with Gasteiger partial charge in [0.1, 0.15) is 5.75 Å². The molecule has 0 spiro atoms. The Hall–Kier alpha value is -1.55. The molecule has 1 amide bonds. The predicted molar refractivity (Wildman–Crippen MR) is 84.8 cm³/mol. The highest BCUT2D eigenvalue weighted by atomic mass is 16.5. The number of amides is 1. The lowest BCUT2D eigenvalue weighted by molar-refractivity contribution is 0.0947. The first-order chi connectivity index (χ1) is 10.3. The molecule has 1 aromatic carbocycles. The molecule has 2 N–H and O–H groups in total. The summed E-state index contributed by atoms with van der Waals surface area (Å²) in [6, 6.07) is 7.79. The van der Waals surface area contributed by atoms with Crippen LogP contribution in [0.4, 0.5) is 0 Å². The van der Waals surface area contributed by atoms with E-state index >= 15 is 0 Å². The van der Waals surface area contributed by atoms with Crippen LogP contribution >= 0.6 is 0 Å². The number of ether oxygens (including phenoxy) is 1. The molecule has 4 nitrogen and oxygen atoms in total. The van der Waals surface area contributed by atoms with E-state index in [9.17, 15) is 4.79 Å². The van der Waals surface area contributed by atoms with Crippen LogP contribution < -0.4 is 15.4 Å². The van der Waals surface area contributed by atoms with Crippen molar-refractivity contribution in [3.8, 4) is 5.75 Å². The van der Waals surface area contributed by atoms with Gasteiger partial charge in [0.2, 0.25) is 0 Å². The van der Waals surface area contributed by atoms with Crippen LogP contribution in [0.3, 0.4) is 0 Å². The van der Waals surface area contributed by atoms with E-state index in [1.807, 2.05) is 24.3 Å². The van der Waals surface area contributed by atoms with Crippen LogP contribution in [0.5, 0.6) is 5.75 Å². The Labute approximate surface area is 127 Å². The Morgan fingerprint density at radius 2 is 2.14 bits per heavy atom. The minimum Gasteiger partial charge on any atom is -0.494 e. The Morgan fingerprint density at radius 1 is 1.33 bits per heavy atom. The standard InChI is InChI=1S/C17H26N2O2/c1-2-3-12-21-16-9-7-14(8-10-16)17(20)19-13-15-6-4-5-11-18-15/h7-10,15,18H,2-6,11-13H2,1H3,(H,19,20). The van der Waals surface area contributed by atoms with Crippen LogP contribution in [0.25, 0.3) is 0 Å². The molecule has 2 rings (SSSR count). The molecule has 1 aliphatic heterocycles. The summed E-state index contributed by atoms with van der Waals surface area (Å²) in [5.74, 6) is 0.816. The van der Waals surface area contributed by atoms with Crippen LogP contribution in [0.15, 0.2) is 24.3 Å². The first-order valence-electron chi connectivity index (χ1n) is 8.04. The molecule has 4 heteroatoms. The van der Waals surface area contributed by atoms with Gasteiger partial charge in [-0.2, -0.15) is 0 Å². The van der Waals surface area contributed by atoms with Crippen molar-refractivity contribution in [2.75, 3.05) is 19.7 Å². The maximum absolute atomic E-state index is 12.1. The number of piperidine rings is 1. The minimum atomic E-state index is -0.0116. The van der Waals surface area contributed by atoms with Crippen molar-refractivity contribution >= 4 is 5.91 Å². The molecule has 0 aliphatic carbocycles. The Kier molecular flexibility index (Phi) is 6.54. The molecule has 1 aromatic rings. The molecule has 1 atom stereocenters. The third-order valence-corrected chi connectivity index (χ3v) is 3.80. The van der Waals surface area contributed by atoms with Gasteiger partial charge in [-0.3, -0.25) is 4.79 Å². The van der Waals surface area contributed by atoms with Gasteiger partial charge in [0.05, 0.1) is 6.61 Å². The molecule has 1 saturated heterocycles. The van der Waals surface area contributed by atoms with Gasteiger partial charge in [0.15, 0.2) is 0 Å². The third kappa shape index (κ3) is 5.38. The monoisotopic (exact) mass is 290 g/mol. The zero-order chi connectivity index (χ0) is 14.9. The van der Waals surface area contributed by atoms with Crippen molar-refractivity contribution in [1.29, 1.82) is 0 Å². The second kappa shape index (κ2) is 8.67. The summed E-state index contributed by atoms with van der Waals surface area (Å²) in [6.45, 7) is 4.63. The molecule has 1 aliphatic rings. The summed E-state index contributed by atoms with van der Waals surface area (Å²) in [7, 11) is 0. The first kappa shape index (κ1) is 15.8. The lowest BCUT2D eigenvalue weighted by Gasteiger charge is -2.23. The molecule has 21 heavy (non-hydrogen) atoms. The minimum absolute atomic E-state index is 0.0116. The number of hydrogen-bond acceptors (Lipinski definition) is 3. The summed E-state index contributed by atoms with van der Waals surface area (Å²) < 4.78 is 5.59. The average molecular weight is 290 g/mol. The third-order valence-electron chi connectivity index (χ3n) is 3.80.